The van der Waals surface area contributed by atoms with E-state index >= 15 is 0 Å². The fraction of sp³-hybridized carbons (Fsp3) is 0.333. The van der Waals surface area contributed by atoms with Gasteiger partial charge in [-0.3, -0.25) is 0 Å². The van der Waals surface area contributed by atoms with Gasteiger partial charge in [0.1, 0.15) is 11.6 Å². The van der Waals surface area contributed by atoms with Gasteiger partial charge in [0, 0.05) is 18.1 Å². The molecule has 1 aliphatic heterocycles. The molecule has 0 saturated carbocycles. The van der Waals surface area contributed by atoms with Crippen LogP contribution in [0.1, 0.15) is 25.3 Å². The number of benzene rings is 1. The van der Waals surface area contributed by atoms with Crippen LogP contribution in [-0.4, -0.2) is 22.4 Å². The first kappa shape index (κ1) is 12.5. The number of oxime groups is 1. The van der Waals surface area contributed by atoms with Crippen LogP contribution in [0.5, 0.6) is 0 Å². The second kappa shape index (κ2) is 4.36. The van der Waals surface area contributed by atoms with Crippen LogP contribution < -0.4 is 0 Å². The summed E-state index contributed by atoms with van der Waals surface area (Å²) in [6.07, 6.45) is 0.203. The van der Waals surface area contributed by atoms with E-state index in [0.29, 0.717) is 0 Å². The minimum absolute atomic E-state index is 0.0122. The van der Waals surface area contributed by atoms with E-state index in [1.807, 2.05) is 0 Å². The van der Waals surface area contributed by atoms with E-state index in [4.69, 9.17) is 9.94 Å². The number of halogens is 2. The van der Waals surface area contributed by atoms with E-state index in [1.54, 1.807) is 6.92 Å². The molecule has 0 aromatic heterocycles. The Morgan fingerprint density at radius 2 is 2.06 bits per heavy atom. The number of hydrogen-bond acceptors (Lipinski definition) is 3. The molecule has 0 radical (unpaired) electrons. The van der Waals surface area contributed by atoms with Gasteiger partial charge in [-0.15, -0.1) is 0 Å². The van der Waals surface area contributed by atoms with Gasteiger partial charge in [0.05, 0.1) is 5.71 Å². The monoisotopic (exact) mass is 255 g/mol. The summed E-state index contributed by atoms with van der Waals surface area (Å²) in [5.41, 5.74) is -1.00. The summed E-state index contributed by atoms with van der Waals surface area (Å²) in [7, 11) is 0. The van der Waals surface area contributed by atoms with Crippen molar-refractivity contribution in [2.75, 3.05) is 0 Å². The highest BCUT2D eigenvalue weighted by atomic mass is 19.1. The Hall–Kier alpha value is -1.98. The second-order valence-corrected chi connectivity index (χ2v) is 4.12. The fourth-order valence-corrected chi connectivity index (χ4v) is 1.81. The second-order valence-electron chi connectivity index (χ2n) is 4.12. The number of nitrogens with zero attached hydrogens (tertiary/aromatic N) is 1. The average Bonchev–Trinajstić information content (AvgIpc) is 2.73. The summed E-state index contributed by atoms with van der Waals surface area (Å²) in [6.45, 7) is 1.65. The first-order valence-corrected chi connectivity index (χ1v) is 5.42. The van der Waals surface area contributed by atoms with Crippen molar-refractivity contribution < 1.29 is 23.5 Å². The van der Waals surface area contributed by atoms with Crippen LogP contribution in [0, 0.1) is 11.6 Å². The molecule has 1 aliphatic rings. The van der Waals surface area contributed by atoms with E-state index in [2.05, 4.69) is 5.16 Å². The fourth-order valence-electron chi connectivity index (χ4n) is 1.81. The lowest BCUT2D eigenvalue weighted by Gasteiger charge is -2.18. The number of carbonyl (C=O) groups is 1. The third-order valence-corrected chi connectivity index (χ3v) is 2.94. The summed E-state index contributed by atoms with van der Waals surface area (Å²) in [6, 6.07) is 2.93. The molecular weight excluding hydrogens is 244 g/mol. The van der Waals surface area contributed by atoms with Gasteiger partial charge in [-0.25, -0.2) is 13.6 Å². The van der Waals surface area contributed by atoms with Crippen LogP contribution in [0.25, 0.3) is 0 Å². The normalized spacial score (nSPS) is 22.5. The van der Waals surface area contributed by atoms with Crippen molar-refractivity contribution in [1.29, 1.82) is 0 Å². The van der Waals surface area contributed by atoms with Crippen molar-refractivity contribution in [1.82, 2.24) is 0 Å². The topological polar surface area (TPSA) is 58.9 Å². The van der Waals surface area contributed by atoms with Gasteiger partial charge in [0.15, 0.2) is 0 Å². The smallest absolute Gasteiger partial charge is 0.351 e. The number of carboxylic acids is 1. The summed E-state index contributed by atoms with van der Waals surface area (Å²) in [5, 5.41) is 12.7. The SMILES string of the molecule is CCC1(C(=O)O)CC(c2cc(F)cc(F)c2)=NO1. The van der Waals surface area contributed by atoms with Crippen molar-refractivity contribution in [3.05, 3.63) is 35.4 Å². The van der Waals surface area contributed by atoms with Crippen molar-refractivity contribution in [3.63, 3.8) is 0 Å². The zero-order valence-corrected chi connectivity index (χ0v) is 9.61. The molecule has 0 fully saturated rings. The lowest BCUT2D eigenvalue weighted by Crippen LogP contribution is -2.38. The van der Waals surface area contributed by atoms with Crippen LogP contribution in [0.15, 0.2) is 23.4 Å². The van der Waals surface area contributed by atoms with E-state index < -0.39 is 23.2 Å². The highest BCUT2D eigenvalue weighted by Gasteiger charge is 2.45. The Labute approximate surface area is 102 Å². The molecule has 1 heterocycles. The maximum atomic E-state index is 13.1. The largest absolute Gasteiger partial charge is 0.478 e. The molecule has 2 rings (SSSR count). The van der Waals surface area contributed by atoms with Gasteiger partial charge < -0.3 is 9.94 Å². The molecule has 6 heteroatoms. The molecule has 1 N–H and O–H groups in total. The Kier molecular flexibility index (Phi) is 3.02. The van der Waals surface area contributed by atoms with Crippen LogP contribution in [0.2, 0.25) is 0 Å². The third kappa shape index (κ3) is 2.05. The molecule has 0 amide bonds. The lowest BCUT2D eigenvalue weighted by atomic mass is 9.92. The highest BCUT2D eigenvalue weighted by Crippen LogP contribution is 2.30. The van der Waals surface area contributed by atoms with Crippen LogP contribution in [0.3, 0.4) is 0 Å². The molecule has 1 aromatic rings. The molecule has 0 bridgehead atoms. The van der Waals surface area contributed by atoms with E-state index in [9.17, 15) is 13.6 Å². The molecule has 1 aromatic carbocycles. The Balaban J connectivity index is 2.30. The minimum atomic E-state index is -1.43. The van der Waals surface area contributed by atoms with Gasteiger partial charge in [-0.1, -0.05) is 12.1 Å². The predicted octanol–water partition coefficient (Wildman–Crippen LogP) is 2.32. The predicted molar refractivity (Wildman–Crippen MR) is 59.3 cm³/mol. The van der Waals surface area contributed by atoms with Gasteiger partial charge in [-0.05, 0) is 18.6 Å². The van der Waals surface area contributed by atoms with Crippen LogP contribution in [0.4, 0.5) is 8.78 Å². The van der Waals surface area contributed by atoms with Crippen LogP contribution in [-0.2, 0) is 9.63 Å². The third-order valence-electron chi connectivity index (χ3n) is 2.94. The summed E-state index contributed by atoms with van der Waals surface area (Å²) >= 11 is 0. The van der Waals surface area contributed by atoms with Crippen molar-refractivity contribution in [2.45, 2.75) is 25.4 Å². The molecule has 1 atom stereocenters. The molecule has 0 saturated heterocycles. The lowest BCUT2D eigenvalue weighted by molar-refractivity contribution is -0.162. The van der Waals surface area contributed by atoms with E-state index in [-0.39, 0.29) is 24.1 Å². The maximum absolute atomic E-state index is 13.1. The zero-order valence-electron chi connectivity index (χ0n) is 9.61. The van der Waals surface area contributed by atoms with E-state index in [0.717, 1.165) is 18.2 Å². The summed E-state index contributed by atoms with van der Waals surface area (Å²) in [5.74, 6) is -2.62. The molecule has 18 heavy (non-hydrogen) atoms. The molecule has 0 spiro atoms. The van der Waals surface area contributed by atoms with Crippen molar-refractivity contribution in [3.8, 4) is 0 Å². The Morgan fingerprint density at radius 1 is 1.44 bits per heavy atom. The summed E-state index contributed by atoms with van der Waals surface area (Å²) < 4.78 is 26.1. The quantitative estimate of drug-likeness (QED) is 0.901. The van der Waals surface area contributed by atoms with Gasteiger partial charge in [0.2, 0.25) is 5.60 Å². The average molecular weight is 255 g/mol. The number of hydrogen-bond donors (Lipinski definition) is 1. The molecule has 0 aliphatic carbocycles. The molecule has 1 unspecified atom stereocenters. The number of rotatable bonds is 3. The van der Waals surface area contributed by atoms with Crippen LogP contribution >= 0.6 is 0 Å². The molecule has 96 valence electrons. The van der Waals surface area contributed by atoms with Crippen molar-refractivity contribution in [2.24, 2.45) is 5.16 Å². The Morgan fingerprint density at radius 3 is 2.50 bits per heavy atom. The van der Waals surface area contributed by atoms with Gasteiger partial charge >= 0.3 is 5.97 Å². The van der Waals surface area contributed by atoms with Crippen molar-refractivity contribution >= 4 is 11.7 Å². The minimum Gasteiger partial charge on any atom is -0.478 e. The first-order chi connectivity index (χ1) is 8.47. The van der Waals surface area contributed by atoms with Gasteiger partial charge in [-0.2, -0.15) is 0 Å². The zero-order chi connectivity index (χ0) is 13.3. The summed E-state index contributed by atoms with van der Waals surface area (Å²) in [4.78, 5) is 16.1. The van der Waals surface area contributed by atoms with E-state index in [1.165, 1.54) is 0 Å². The highest BCUT2D eigenvalue weighted by molar-refractivity contribution is 6.04. The van der Waals surface area contributed by atoms with Gasteiger partial charge in [0.25, 0.3) is 0 Å². The molecular formula is C12H11F2NO3. The Bertz CT molecular complexity index is 510. The standard InChI is InChI=1S/C12H11F2NO3/c1-2-12(11(16)17)6-10(15-18-12)7-3-8(13)5-9(14)4-7/h3-5H,2,6H2,1H3,(H,16,17). The number of carboxylic acid groups (broad SMARTS) is 1. The maximum Gasteiger partial charge on any atom is 0.351 e. The number of aliphatic carboxylic acids is 1. The molecule has 4 nitrogen and oxygen atoms in total. The first-order valence-electron chi connectivity index (χ1n) is 5.42.